The van der Waals surface area contributed by atoms with Crippen LogP contribution in [0.1, 0.15) is 12.8 Å². The molecule has 0 saturated carbocycles. The van der Waals surface area contributed by atoms with E-state index in [0.29, 0.717) is 26.2 Å². The van der Waals surface area contributed by atoms with Crippen LogP contribution in [0, 0.1) is 0 Å². The molecule has 1 unspecified atom stereocenters. The highest BCUT2D eigenvalue weighted by molar-refractivity contribution is 7.92. The number of carbonyl (C=O) groups excluding carboxylic acids is 2. The molecule has 0 aromatic heterocycles. The van der Waals surface area contributed by atoms with Gasteiger partial charge in [0.2, 0.25) is 22.3 Å². The average molecular weight is 381 g/mol. The molecular formula is C13H23N3O6S2. The lowest BCUT2D eigenvalue weighted by Crippen LogP contribution is -2.49. The fourth-order valence-corrected chi connectivity index (χ4v) is 6.03. The first-order valence-electron chi connectivity index (χ1n) is 7.77. The van der Waals surface area contributed by atoms with E-state index >= 15 is 0 Å². The smallest absolute Gasteiger partial charge is 0.224 e. The van der Waals surface area contributed by atoms with Crippen LogP contribution >= 0.6 is 0 Å². The summed E-state index contributed by atoms with van der Waals surface area (Å²) in [4.78, 5) is 26.1. The van der Waals surface area contributed by atoms with Crippen molar-refractivity contribution in [3.05, 3.63) is 0 Å². The summed E-state index contributed by atoms with van der Waals surface area (Å²) in [5.74, 6) is -0.396. The maximum absolute atomic E-state index is 12.2. The Morgan fingerprint density at radius 1 is 1.25 bits per heavy atom. The highest BCUT2D eigenvalue weighted by Crippen LogP contribution is 2.20. The molecule has 24 heavy (non-hydrogen) atoms. The van der Waals surface area contributed by atoms with E-state index in [-0.39, 0.29) is 36.8 Å². The normalized spacial score (nSPS) is 24.3. The van der Waals surface area contributed by atoms with Crippen LogP contribution in [0.2, 0.25) is 0 Å². The van der Waals surface area contributed by atoms with E-state index in [1.807, 2.05) is 0 Å². The molecular weight excluding hydrogens is 358 g/mol. The highest BCUT2D eigenvalue weighted by Gasteiger charge is 2.36. The lowest BCUT2D eigenvalue weighted by molar-refractivity contribution is -0.135. The summed E-state index contributed by atoms with van der Waals surface area (Å²) in [7, 11) is -6.80. The Hall–Kier alpha value is -1.20. The van der Waals surface area contributed by atoms with E-state index in [4.69, 9.17) is 0 Å². The largest absolute Gasteiger partial charge is 0.342 e. The van der Waals surface area contributed by atoms with Crippen molar-refractivity contribution in [2.24, 2.45) is 0 Å². The minimum atomic E-state index is -3.59. The maximum atomic E-state index is 12.2. The summed E-state index contributed by atoms with van der Waals surface area (Å²) < 4.78 is 48.2. The third-order valence-corrected chi connectivity index (χ3v) is 7.49. The van der Waals surface area contributed by atoms with Gasteiger partial charge in [-0.1, -0.05) is 0 Å². The number of piperazine rings is 1. The Labute approximate surface area is 142 Å². The predicted molar refractivity (Wildman–Crippen MR) is 87.4 cm³/mol. The molecule has 2 amide bonds. The van der Waals surface area contributed by atoms with E-state index in [0.717, 1.165) is 17.0 Å². The number of sulfonamides is 1. The summed E-state index contributed by atoms with van der Waals surface area (Å²) in [5, 5.41) is 0. The lowest BCUT2D eigenvalue weighted by atomic mass is 10.2. The molecule has 2 rings (SSSR count). The van der Waals surface area contributed by atoms with Gasteiger partial charge < -0.3 is 9.80 Å². The molecule has 2 aliphatic rings. The topological polar surface area (TPSA) is 112 Å². The average Bonchev–Trinajstić information content (AvgIpc) is 2.85. The van der Waals surface area contributed by atoms with Gasteiger partial charge in [-0.3, -0.25) is 9.59 Å². The summed E-state index contributed by atoms with van der Waals surface area (Å²) in [6.07, 6.45) is 2.05. The number of amides is 2. The molecule has 11 heteroatoms. The van der Waals surface area contributed by atoms with Gasteiger partial charge in [0.25, 0.3) is 0 Å². The molecule has 0 aromatic rings. The predicted octanol–water partition coefficient (Wildman–Crippen LogP) is -1.87. The Morgan fingerprint density at radius 3 is 2.33 bits per heavy atom. The maximum Gasteiger partial charge on any atom is 0.224 e. The molecule has 2 fully saturated rings. The summed E-state index contributed by atoms with van der Waals surface area (Å²) in [6, 6.07) is -0.593. The number of hydrogen-bond donors (Lipinski definition) is 0. The van der Waals surface area contributed by atoms with Gasteiger partial charge in [0, 0.05) is 45.2 Å². The molecule has 0 aromatic carbocycles. The van der Waals surface area contributed by atoms with Crippen LogP contribution in [0.25, 0.3) is 0 Å². The summed E-state index contributed by atoms with van der Waals surface area (Å²) in [6.45, 7) is 1.76. The van der Waals surface area contributed by atoms with Crippen molar-refractivity contribution >= 4 is 32.2 Å². The number of carbonyl (C=O) groups is 2. The number of nitrogens with zero attached hydrogens (tertiary/aromatic N) is 3. The Balaban J connectivity index is 1.94. The molecule has 9 nitrogen and oxygen atoms in total. The van der Waals surface area contributed by atoms with Crippen molar-refractivity contribution in [3.8, 4) is 0 Å². The van der Waals surface area contributed by atoms with Crippen molar-refractivity contribution in [2.45, 2.75) is 18.9 Å². The standard InChI is InChI=1S/C13H23N3O6S2/c1-23(19,20)16(12-3-9-24(21,22)10-12)4-2-13(18)15-7-5-14(11-17)6-8-15/h11-12H,2-10H2,1H3. The third kappa shape index (κ3) is 4.90. The molecule has 0 bridgehead atoms. The van der Waals surface area contributed by atoms with E-state index in [1.54, 1.807) is 9.80 Å². The van der Waals surface area contributed by atoms with Crippen molar-refractivity contribution in [2.75, 3.05) is 50.5 Å². The number of hydrogen-bond acceptors (Lipinski definition) is 6. The van der Waals surface area contributed by atoms with Crippen molar-refractivity contribution < 1.29 is 26.4 Å². The van der Waals surface area contributed by atoms with E-state index in [2.05, 4.69) is 0 Å². The Morgan fingerprint density at radius 2 is 1.88 bits per heavy atom. The first-order valence-corrected chi connectivity index (χ1v) is 11.4. The van der Waals surface area contributed by atoms with E-state index in [9.17, 15) is 26.4 Å². The second-order valence-electron chi connectivity index (χ2n) is 6.20. The van der Waals surface area contributed by atoms with Crippen LogP contribution in [0.15, 0.2) is 0 Å². The zero-order chi connectivity index (χ0) is 18.0. The van der Waals surface area contributed by atoms with Gasteiger partial charge in [-0.25, -0.2) is 16.8 Å². The fraction of sp³-hybridized carbons (Fsp3) is 0.846. The highest BCUT2D eigenvalue weighted by atomic mass is 32.2. The Bertz CT molecular complexity index is 682. The van der Waals surface area contributed by atoms with Gasteiger partial charge in [-0.15, -0.1) is 0 Å². The molecule has 0 N–H and O–H groups in total. The van der Waals surface area contributed by atoms with Gasteiger partial charge in [0.05, 0.1) is 17.8 Å². The van der Waals surface area contributed by atoms with Crippen LogP contribution in [0.4, 0.5) is 0 Å². The SMILES string of the molecule is CS(=O)(=O)N(CCC(=O)N1CCN(C=O)CC1)C1CCS(=O)(=O)C1. The minimum absolute atomic E-state index is 0.00467. The fourth-order valence-electron chi connectivity index (χ4n) is 3.06. The molecule has 2 heterocycles. The minimum Gasteiger partial charge on any atom is -0.342 e. The number of sulfone groups is 1. The summed E-state index contributed by atoms with van der Waals surface area (Å²) >= 11 is 0. The molecule has 0 radical (unpaired) electrons. The van der Waals surface area contributed by atoms with E-state index < -0.39 is 25.9 Å². The quantitative estimate of drug-likeness (QED) is 0.498. The van der Waals surface area contributed by atoms with Crippen LogP contribution < -0.4 is 0 Å². The lowest BCUT2D eigenvalue weighted by Gasteiger charge is -2.33. The van der Waals surface area contributed by atoms with Crippen LogP contribution in [-0.4, -0.2) is 99.8 Å². The molecule has 2 aliphatic heterocycles. The molecule has 1 atom stereocenters. The zero-order valence-corrected chi connectivity index (χ0v) is 15.3. The van der Waals surface area contributed by atoms with Gasteiger partial charge in [0.1, 0.15) is 0 Å². The molecule has 2 saturated heterocycles. The first kappa shape index (κ1) is 19.1. The van der Waals surface area contributed by atoms with Crippen molar-refractivity contribution in [1.29, 1.82) is 0 Å². The molecule has 0 spiro atoms. The van der Waals surface area contributed by atoms with Crippen molar-refractivity contribution in [3.63, 3.8) is 0 Å². The van der Waals surface area contributed by atoms with E-state index in [1.165, 1.54) is 0 Å². The van der Waals surface area contributed by atoms with Gasteiger partial charge in [0.15, 0.2) is 9.84 Å². The van der Waals surface area contributed by atoms with Crippen LogP contribution in [-0.2, 0) is 29.4 Å². The van der Waals surface area contributed by atoms with Gasteiger partial charge in [-0.05, 0) is 6.42 Å². The summed E-state index contributed by atoms with van der Waals surface area (Å²) in [5.41, 5.74) is 0. The van der Waals surface area contributed by atoms with Crippen molar-refractivity contribution in [1.82, 2.24) is 14.1 Å². The van der Waals surface area contributed by atoms with Crippen LogP contribution in [0.3, 0.4) is 0 Å². The molecule has 0 aliphatic carbocycles. The Kier molecular flexibility index (Phi) is 5.87. The zero-order valence-electron chi connectivity index (χ0n) is 13.6. The monoisotopic (exact) mass is 381 g/mol. The van der Waals surface area contributed by atoms with Crippen LogP contribution in [0.5, 0.6) is 0 Å². The van der Waals surface area contributed by atoms with Gasteiger partial charge in [-0.2, -0.15) is 4.31 Å². The second-order valence-corrected chi connectivity index (χ2v) is 10.4. The number of rotatable bonds is 6. The first-order chi connectivity index (χ1) is 11.1. The molecule has 138 valence electrons. The third-order valence-electron chi connectivity index (χ3n) is 4.40. The second kappa shape index (κ2) is 7.36. The van der Waals surface area contributed by atoms with Gasteiger partial charge >= 0.3 is 0 Å².